The highest BCUT2D eigenvalue weighted by Gasteiger charge is 2.42. The minimum Gasteiger partial charge on any atom is -0.770 e. The van der Waals surface area contributed by atoms with Crippen LogP contribution in [0.5, 0.6) is 0 Å². The first-order valence-electron chi connectivity index (χ1n) is 10.2. The maximum atomic E-state index is 12.6. The molecule has 2 fully saturated rings. The molecule has 1 heterocycles. The first-order chi connectivity index (χ1) is 13.0. The van der Waals surface area contributed by atoms with E-state index in [2.05, 4.69) is 0 Å². The summed E-state index contributed by atoms with van der Waals surface area (Å²) in [5.41, 5.74) is 0. The van der Waals surface area contributed by atoms with E-state index in [1.165, 1.54) is 0 Å². The molecule has 166 valence electrons. The van der Waals surface area contributed by atoms with E-state index in [0.29, 0.717) is 19.4 Å². The van der Waals surface area contributed by atoms with Gasteiger partial charge in [-0.2, -0.15) is 0 Å². The number of aliphatic hydroxyl groups excluding tert-OH is 1. The average Bonchev–Trinajstić information content (AvgIpc) is 3.02. The first kappa shape index (κ1) is 24.6. The summed E-state index contributed by atoms with van der Waals surface area (Å²) >= 11 is 0.824. The van der Waals surface area contributed by atoms with Gasteiger partial charge in [-0.3, -0.25) is 4.57 Å². The minimum atomic E-state index is -4.15. The first-order valence-corrected chi connectivity index (χ1v) is 13.3. The quantitative estimate of drug-likeness (QED) is 0.519. The highest BCUT2D eigenvalue weighted by atomic mass is 32.7. The maximum Gasteiger partial charge on any atom is 0.192 e. The van der Waals surface area contributed by atoms with Crippen molar-refractivity contribution in [1.82, 2.24) is 0 Å². The fraction of sp³-hybridized carbons (Fsp3) is 1.00. The van der Waals surface area contributed by atoms with E-state index < -0.39 is 12.9 Å². The van der Waals surface area contributed by atoms with Gasteiger partial charge in [-0.15, -0.1) is 0 Å². The molecule has 28 heavy (non-hydrogen) atoms. The third-order valence-electron chi connectivity index (χ3n) is 5.22. The van der Waals surface area contributed by atoms with E-state index in [4.69, 9.17) is 18.7 Å². The van der Waals surface area contributed by atoms with Crippen molar-refractivity contribution in [2.24, 2.45) is 11.8 Å². The lowest BCUT2D eigenvalue weighted by Crippen LogP contribution is -2.32. The van der Waals surface area contributed by atoms with Crippen molar-refractivity contribution in [3.63, 3.8) is 0 Å². The average molecular weight is 440 g/mol. The van der Waals surface area contributed by atoms with Crippen LogP contribution in [0.1, 0.15) is 54.4 Å². The van der Waals surface area contributed by atoms with Crippen LogP contribution in [-0.4, -0.2) is 60.2 Å². The molecule has 2 aliphatic rings. The smallest absolute Gasteiger partial charge is 0.192 e. The summed E-state index contributed by atoms with van der Waals surface area (Å²) in [5.74, 6) is -0.295. The van der Waals surface area contributed by atoms with Crippen molar-refractivity contribution in [3.8, 4) is 0 Å². The van der Waals surface area contributed by atoms with Gasteiger partial charge >= 0.3 is 0 Å². The largest absolute Gasteiger partial charge is 0.770 e. The Morgan fingerprint density at radius 2 is 1.86 bits per heavy atom. The standard InChI is InChI=1S/C19H37O7PS/c1-11(2)23-10-17-18(8-14(6)26-17)28-27(21,22)24-9-15-16(25-12(3)4)7-13(5)19(15)20/h11-20H,7-10H2,1-6H3,(H,21,22)/p-1/t13-,14-,15+,16?,17+,18+,19?/m0/s1. The Hall–Kier alpha value is 0.340. The molecule has 0 aromatic heterocycles. The SMILES string of the molecule is CC(C)OC[C@H]1O[C@@H](C)C[C@H]1SP(=O)([O-])OC[C@@H]1C(OC(C)C)C[C@H](C)C1O. The summed E-state index contributed by atoms with van der Waals surface area (Å²) in [5, 5.41) is 10.2. The minimum absolute atomic E-state index is 0.0114. The van der Waals surface area contributed by atoms with Gasteiger partial charge < -0.3 is 28.7 Å². The molecule has 2 rings (SSSR count). The van der Waals surface area contributed by atoms with E-state index in [-0.39, 0.29) is 54.2 Å². The second kappa shape index (κ2) is 10.6. The summed E-state index contributed by atoms with van der Waals surface area (Å²) in [6.45, 7) is 7.77. The molecular weight excluding hydrogens is 403 g/mol. The zero-order chi connectivity index (χ0) is 21.1. The molecule has 1 saturated heterocycles. The van der Waals surface area contributed by atoms with Gasteiger partial charge in [-0.25, -0.2) is 0 Å². The van der Waals surface area contributed by atoms with Gasteiger partial charge in [0.2, 0.25) is 0 Å². The van der Waals surface area contributed by atoms with Gasteiger partial charge in [-0.05, 0) is 53.4 Å². The van der Waals surface area contributed by atoms with Crippen LogP contribution in [0.15, 0.2) is 0 Å². The number of aliphatic hydroxyl groups is 1. The molecule has 1 N–H and O–H groups in total. The fourth-order valence-corrected chi connectivity index (χ4v) is 7.28. The van der Waals surface area contributed by atoms with Crippen molar-refractivity contribution in [1.29, 1.82) is 0 Å². The molecule has 1 saturated carbocycles. The Kier molecular flexibility index (Phi) is 9.30. The number of hydrogen-bond donors (Lipinski definition) is 1. The van der Waals surface area contributed by atoms with Crippen LogP contribution >= 0.6 is 18.2 Å². The van der Waals surface area contributed by atoms with Crippen molar-refractivity contribution in [2.45, 2.75) is 96.3 Å². The number of rotatable bonds is 10. The Labute approximate surface area is 173 Å². The molecule has 0 spiro atoms. The topological polar surface area (TPSA) is 97.3 Å². The zero-order valence-electron chi connectivity index (χ0n) is 17.8. The summed E-state index contributed by atoms with van der Waals surface area (Å²) in [4.78, 5) is 12.6. The zero-order valence-corrected chi connectivity index (χ0v) is 19.5. The van der Waals surface area contributed by atoms with Crippen LogP contribution in [0, 0.1) is 11.8 Å². The molecule has 9 heteroatoms. The van der Waals surface area contributed by atoms with Crippen LogP contribution in [0.2, 0.25) is 0 Å². The van der Waals surface area contributed by atoms with Crippen molar-refractivity contribution >= 4 is 18.2 Å². The Balaban J connectivity index is 1.92. The fourth-order valence-electron chi connectivity index (χ4n) is 3.87. The second-order valence-electron chi connectivity index (χ2n) is 8.58. The van der Waals surface area contributed by atoms with Gasteiger partial charge in [-0.1, -0.05) is 18.3 Å². The highest BCUT2D eigenvalue weighted by molar-refractivity contribution is 8.54. The summed E-state index contributed by atoms with van der Waals surface area (Å²) < 4.78 is 35.3. The van der Waals surface area contributed by atoms with Crippen LogP contribution in [0.25, 0.3) is 0 Å². The van der Waals surface area contributed by atoms with Crippen molar-refractivity contribution < 1.29 is 33.3 Å². The van der Waals surface area contributed by atoms with E-state index in [1.54, 1.807) is 0 Å². The lowest BCUT2D eigenvalue weighted by atomic mass is 10.0. The highest BCUT2D eigenvalue weighted by Crippen LogP contribution is 2.57. The van der Waals surface area contributed by atoms with Gasteiger partial charge in [0.15, 0.2) is 6.80 Å². The van der Waals surface area contributed by atoms with Crippen LogP contribution < -0.4 is 4.89 Å². The Morgan fingerprint density at radius 1 is 1.18 bits per heavy atom. The molecule has 1 aliphatic heterocycles. The summed E-state index contributed by atoms with van der Waals surface area (Å²) in [6, 6.07) is 0. The number of hydrogen-bond acceptors (Lipinski definition) is 8. The molecule has 3 unspecified atom stereocenters. The van der Waals surface area contributed by atoms with Gasteiger partial charge in [0.05, 0.1) is 49.8 Å². The van der Waals surface area contributed by atoms with E-state index >= 15 is 0 Å². The van der Waals surface area contributed by atoms with Crippen LogP contribution in [0.4, 0.5) is 0 Å². The van der Waals surface area contributed by atoms with E-state index in [9.17, 15) is 14.6 Å². The summed E-state index contributed by atoms with van der Waals surface area (Å²) in [6.07, 6.45) is 0.289. The predicted octanol–water partition coefficient (Wildman–Crippen LogP) is 2.99. The molecule has 0 radical (unpaired) electrons. The lowest BCUT2D eigenvalue weighted by molar-refractivity contribution is -0.192. The van der Waals surface area contributed by atoms with Crippen molar-refractivity contribution in [2.75, 3.05) is 13.2 Å². The van der Waals surface area contributed by atoms with E-state index in [1.807, 2.05) is 41.5 Å². The van der Waals surface area contributed by atoms with Crippen molar-refractivity contribution in [3.05, 3.63) is 0 Å². The van der Waals surface area contributed by atoms with Gasteiger partial charge in [0.1, 0.15) is 0 Å². The second-order valence-corrected chi connectivity index (χ2v) is 12.5. The molecule has 8 atom stereocenters. The molecule has 0 aromatic rings. The monoisotopic (exact) mass is 439 g/mol. The third kappa shape index (κ3) is 7.24. The number of ether oxygens (including phenoxy) is 3. The molecule has 1 aliphatic carbocycles. The maximum absolute atomic E-state index is 12.6. The Bertz CT molecular complexity index is 530. The van der Waals surface area contributed by atoms with Crippen LogP contribution in [0.3, 0.4) is 0 Å². The lowest BCUT2D eigenvalue weighted by Gasteiger charge is -2.31. The van der Waals surface area contributed by atoms with E-state index in [0.717, 1.165) is 11.4 Å². The Morgan fingerprint density at radius 3 is 2.46 bits per heavy atom. The third-order valence-corrected chi connectivity index (χ3v) is 8.61. The molecule has 0 bridgehead atoms. The normalized spacial score (nSPS) is 38.4. The molecule has 7 nitrogen and oxygen atoms in total. The van der Waals surface area contributed by atoms with Crippen LogP contribution in [-0.2, 0) is 23.3 Å². The molecule has 0 aromatic carbocycles. The molecule has 0 amide bonds. The summed E-state index contributed by atoms with van der Waals surface area (Å²) in [7, 11) is 0. The van der Waals surface area contributed by atoms with Gasteiger partial charge in [0.25, 0.3) is 0 Å². The predicted molar refractivity (Wildman–Crippen MR) is 108 cm³/mol. The van der Waals surface area contributed by atoms with Gasteiger partial charge in [0, 0.05) is 11.2 Å². The molecular formula is C19H36O7PS-.